The van der Waals surface area contributed by atoms with Crippen LogP contribution in [0.15, 0.2) is 0 Å². The number of halogens is 5. The number of unbranched alkanes of at least 4 members (excludes halogenated alkanes) is 5. The van der Waals surface area contributed by atoms with Gasteiger partial charge in [0.25, 0.3) is 0 Å². The van der Waals surface area contributed by atoms with Gasteiger partial charge in [-0.05, 0) is 6.42 Å². The topological polar surface area (TPSA) is 0 Å². The van der Waals surface area contributed by atoms with E-state index >= 15 is 0 Å². The first-order valence-electron chi connectivity index (χ1n) is 5.26. The molecule has 0 saturated heterocycles. The Hall–Kier alpha value is 1.45. The summed E-state index contributed by atoms with van der Waals surface area (Å²) < 4.78 is -2.89. The van der Waals surface area contributed by atoms with E-state index in [2.05, 4.69) is 6.92 Å². The maximum atomic E-state index is 5.92. The average molecular weight is 315 g/mol. The van der Waals surface area contributed by atoms with Crippen LogP contribution in [0.5, 0.6) is 0 Å². The zero-order chi connectivity index (χ0) is 11.9. The van der Waals surface area contributed by atoms with Gasteiger partial charge in [-0.15, -0.1) is 0 Å². The second kappa shape index (κ2) is 7.71. The van der Waals surface area contributed by atoms with Gasteiger partial charge in [0.15, 0.2) is 4.33 Å². The molecule has 0 saturated carbocycles. The minimum atomic E-state index is -1.61. The molecule has 0 fully saturated rings. The van der Waals surface area contributed by atoms with E-state index < -0.39 is 8.13 Å². The van der Waals surface area contributed by atoms with Crippen LogP contribution in [0, 0.1) is 0 Å². The van der Waals surface area contributed by atoms with Crippen LogP contribution in [0.4, 0.5) is 0 Å². The van der Waals surface area contributed by atoms with Crippen molar-refractivity contribution in [1.82, 2.24) is 0 Å². The van der Waals surface area contributed by atoms with Crippen molar-refractivity contribution in [3.8, 4) is 0 Å². The zero-order valence-corrected chi connectivity index (χ0v) is 12.6. The van der Waals surface area contributed by atoms with Crippen LogP contribution in [-0.4, -0.2) is 8.13 Å². The number of hydrogen-bond donors (Lipinski definition) is 0. The highest BCUT2D eigenvalue weighted by Gasteiger charge is 2.44. The lowest BCUT2D eigenvalue weighted by Crippen LogP contribution is -2.30. The Balaban J connectivity index is 3.58. The molecule has 0 aromatic carbocycles. The Bertz CT molecular complexity index is 162. The predicted molar refractivity (Wildman–Crippen MR) is 72.7 cm³/mol. The van der Waals surface area contributed by atoms with Crippen molar-refractivity contribution in [3.05, 3.63) is 0 Å². The van der Waals surface area contributed by atoms with Crippen molar-refractivity contribution in [2.75, 3.05) is 0 Å². The molecule has 0 N–H and O–H groups in total. The molecule has 5 heteroatoms. The summed E-state index contributed by atoms with van der Waals surface area (Å²) in [5.74, 6) is 0. The molecular weight excluding hydrogens is 297 g/mol. The second-order valence-electron chi connectivity index (χ2n) is 3.72. The van der Waals surface area contributed by atoms with Crippen molar-refractivity contribution in [3.63, 3.8) is 0 Å². The van der Waals surface area contributed by atoms with E-state index in [4.69, 9.17) is 58.0 Å². The molecular formula is C10H17Cl5. The van der Waals surface area contributed by atoms with Crippen molar-refractivity contribution in [2.24, 2.45) is 0 Å². The Morgan fingerprint density at radius 3 is 1.67 bits per heavy atom. The SMILES string of the molecule is CCCCCCCCC(Cl)(Cl)C(Cl)(Cl)Cl. The average Bonchev–Trinajstić information content (AvgIpc) is 2.09. The van der Waals surface area contributed by atoms with Gasteiger partial charge in [0, 0.05) is 0 Å². The molecule has 15 heavy (non-hydrogen) atoms. The van der Waals surface area contributed by atoms with Crippen molar-refractivity contribution in [2.45, 2.75) is 60.0 Å². The molecule has 0 radical (unpaired) electrons. The minimum absolute atomic E-state index is 0.513. The first-order chi connectivity index (χ1) is 6.81. The van der Waals surface area contributed by atoms with Crippen LogP contribution in [0.2, 0.25) is 0 Å². The number of hydrogen-bond acceptors (Lipinski definition) is 0. The lowest BCUT2D eigenvalue weighted by Gasteiger charge is -2.27. The highest BCUT2D eigenvalue weighted by molar-refractivity contribution is 6.75. The molecule has 0 rings (SSSR count). The van der Waals surface area contributed by atoms with Crippen molar-refractivity contribution < 1.29 is 0 Å². The largest absolute Gasteiger partial charge is 0.223 e. The minimum Gasteiger partial charge on any atom is -0.0969 e. The summed E-state index contributed by atoms with van der Waals surface area (Å²) in [6.45, 7) is 2.19. The smallest absolute Gasteiger partial charge is 0.0969 e. The maximum absolute atomic E-state index is 5.92. The summed E-state index contributed by atoms with van der Waals surface area (Å²) in [5, 5.41) is 0. The molecule has 0 aromatic heterocycles. The fraction of sp³-hybridized carbons (Fsp3) is 1.00. The third-order valence-electron chi connectivity index (χ3n) is 2.26. The summed E-state index contributed by atoms with van der Waals surface area (Å²) in [6, 6.07) is 0. The Morgan fingerprint density at radius 2 is 1.20 bits per heavy atom. The second-order valence-corrected chi connectivity index (χ2v) is 7.49. The van der Waals surface area contributed by atoms with Gasteiger partial charge in [-0.2, -0.15) is 0 Å². The van der Waals surface area contributed by atoms with E-state index in [0.717, 1.165) is 12.8 Å². The van der Waals surface area contributed by atoms with Crippen molar-refractivity contribution >= 4 is 58.0 Å². The van der Waals surface area contributed by atoms with Crippen LogP contribution in [-0.2, 0) is 0 Å². The zero-order valence-electron chi connectivity index (χ0n) is 8.84. The first-order valence-corrected chi connectivity index (χ1v) is 7.15. The van der Waals surface area contributed by atoms with Crippen LogP contribution in [0.3, 0.4) is 0 Å². The molecule has 0 spiro atoms. The van der Waals surface area contributed by atoms with Gasteiger partial charge in [-0.1, -0.05) is 103 Å². The van der Waals surface area contributed by atoms with Crippen LogP contribution >= 0.6 is 58.0 Å². The third-order valence-corrected chi connectivity index (χ3v) is 4.75. The van der Waals surface area contributed by atoms with Crippen LogP contribution in [0.1, 0.15) is 51.9 Å². The summed E-state index contributed by atoms with van der Waals surface area (Å²) in [6.07, 6.45) is 7.45. The standard InChI is InChI=1S/C10H17Cl5/c1-2-3-4-5-6-7-8-9(11,12)10(13,14)15/h2-8H2,1H3. The predicted octanol–water partition coefficient (Wildman–Crippen LogP) is 6.28. The molecule has 0 aliphatic carbocycles. The van der Waals surface area contributed by atoms with Gasteiger partial charge in [0.2, 0.25) is 3.79 Å². The fourth-order valence-electron chi connectivity index (χ4n) is 1.27. The molecule has 0 bridgehead atoms. The van der Waals surface area contributed by atoms with Gasteiger partial charge < -0.3 is 0 Å². The third kappa shape index (κ3) is 7.39. The summed E-state index contributed by atoms with van der Waals surface area (Å²) in [4.78, 5) is 0. The van der Waals surface area contributed by atoms with E-state index in [-0.39, 0.29) is 0 Å². The van der Waals surface area contributed by atoms with Gasteiger partial charge >= 0.3 is 0 Å². The maximum Gasteiger partial charge on any atom is 0.223 e. The number of alkyl halides is 5. The van der Waals surface area contributed by atoms with Crippen LogP contribution < -0.4 is 0 Å². The molecule has 0 nitrogen and oxygen atoms in total. The fourth-order valence-corrected chi connectivity index (χ4v) is 1.82. The molecule has 0 atom stereocenters. The molecule has 0 aliphatic heterocycles. The Morgan fingerprint density at radius 1 is 0.733 bits per heavy atom. The molecule has 92 valence electrons. The Labute approximate surface area is 118 Å². The van der Waals surface area contributed by atoms with Gasteiger partial charge in [-0.3, -0.25) is 0 Å². The molecule has 0 aliphatic rings. The molecule has 0 unspecified atom stereocenters. The molecule has 0 heterocycles. The van der Waals surface area contributed by atoms with Gasteiger partial charge in [-0.25, -0.2) is 0 Å². The van der Waals surface area contributed by atoms with E-state index in [0.29, 0.717) is 6.42 Å². The Kier molecular flexibility index (Phi) is 8.46. The van der Waals surface area contributed by atoms with E-state index in [1.807, 2.05) is 0 Å². The van der Waals surface area contributed by atoms with Crippen LogP contribution in [0.25, 0.3) is 0 Å². The van der Waals surface area contributed by atoms with E-state index in [1.54, 1.807) is 0 Å². The summed E-state index contributed by atoms with van der Waals surface area (Å²) in [5.41, 5.74) is 0. The van der Waals surface area contributed by atoms with Crippen molar-refractivity contribution in [1.29, 1.82) is 0 Å². The molecule has 0 aromatic rings. The van der Waals surface area contributed by atoms with E-state index in [9.17, 15) is 0 Å². The normalized spacial score (nSPS) is 13.2. The van der Waals surface area contributed by atoms with E-state index in [1.165, 1.54) is 25.7 Å². The number of rotatable bonds is 7. The monoisotopic (exact) mass is 312 g/mol. The highest BCUT2D eigenvalue weighted by atomic mass is 35.6. The summed E-state index contributed by atoms with van der Waals surface area (Å²) >= 11 is 28.8. The lowest BCUT2D eigenvalue weighted by atomic mass is 10.1. The highest BCUT2D eigenvalue weighted by Crippen LogP contribution is 2.48. The van der Waals surface area contributed by atoms with Gasteiger partial charge in [0.1, 0.15) is 0 Å². The lowest BCUT2D eigenvalue weighted by molar-refractivity contribution is 0.566. The quantitative estimate of drug-likeness (QED) is 0.383. The summed E-state index contributed by atoms with van der Waals surface area (Å²) in [7, 11) is 0. The van der Waals surface area contributed by atoms with Gasteiger partial charge in [0.05, 0.1) is 0 Å². The first kappa shape index (κ1) is 16.4. The molecule has 0 amide bonds.